The summed E-state index contributed by atoms with van der Waals surface area (Å²) in [6.07, 6.45) is 7.27. The second kappa shape index (κ2) is 8.09. The van der Waals surface area contributed by atoms with Crippen molar-refractivity contribution in [2.24, 2.45) is 0 Å². The molecule has 0 radical (unpaired) electrons. The van der Waals surface area contributed by atoms with E-state index in [9.17, 15) is 0 Å². The summed E-state index contributed by atoms with van der Waals surface area (Å²) in [5, 5.41) is 3.50. The van der Waals surface area contributed by atoms with E-state index in [1.165, 1.54) is 12.0 Å². The van der Waals surface area contributed by atoms with Gasteiger partial charge in [-0.05, 0) is 58.2 Å². The highest BCUT2D eigenvalue weighted by Crippen LogP contribution is 2.14. The molecule has 1 aromatic rings. The Labute approximate surface area is 111 Å². The minimum Gasteiger partial charge on any atom is -0.489 e. The van der Waals surface area contributed by atoms with Crippen LogP contribution in [0.5, 0.6) is 5.75 Å². The fraction of sp³-hybridized carbons (Fsp3) is 0.667. The van der Waals surface area contributed by atoms with Crippen molar-refractivity contribution < 1.29 is 4.74 Å². The lowest BCUT2D eigenvalue weighted by atomic mass is 10.1. The van der Waals surface area contributed by atoms with E-state index in [1.807, 2.05) is 20.0 Å². The predicted molar refractivity (Wildman–Crippen MR) is 76.1 cm³/mol. The molecule has 1 heterocycles. The molecule has 0 aromatic carbocycles. The van der Waals surface area contributed by atoms with Crippen molar-refractivity contribution in [1.82, 2.24) is 10.3 Å². The van der Waals surface area contributed by atoms with Crippen molar-refractivity contribution in [3.63, 3.8) is 0 Å². The van der Waals surface area contributed by atoms with Gasteiger partial charge in [0.25, 0.3) is 0 Å². The van der Waals surface area contributed by atoms with Gasteiger partial charge in [0.2, 0.25) is 0 Å². The van der Waals surface area contributed by atoms with E-state index >= 15 is 0 Å². The number of hydrogen-bond acceptors (Lipinski definition) is 3. The monoisotopic (exact) mass is 250 g/mol. The molecule has 1 N–H and O–H groups in total. The number of pyridine rings is 1. The van der Waals surface area contributed by atoms with Crippen LogP contribution in [-0.4, -0.2) is 23.7 Å². The van der Waals surface area contributed by atoms with E-state index in [1.54, 1.807) is 6.20 Å². The van der Waals surface area contributed by atoms with Crippen molar-refractivity contribution in [3.8, 4) is 5.75 Å². The Morgan fingerprint density at radius 2 is 2.06 bits per heavy atom. The third-order valence-corrected chi connectivity index (χ3v) is 2.75. The lowest BCUT2D eigenvalue weighted by Crippen LogP contribution is -2.27. The molecule has 1 atom stereocenters. The second-order valence-corrected chi connectivity index (χ2v) is 5.09. The molecule has 1 aromatic heterocycles. The Morgan fingerprint density at radius 3 is 2.72 bits per heavy atom. The first-order valence-electron chi connectivity index (χ1n) is 6.95. The molecule has 102 valence electrons. The van der Waals surface area contributed by atoms with Crippen LogP contribution in [0, 0.1) is 0 Å². The first-order chi connectivity index (χ1) is 8.61. The Morgan fingerprint density at radius 1 is 1.28 bits per heavy atom. The van der Waals surface area contributed by atoms with Crippen LogP contribution in [0.2, 0.25) is 0 Å². The number of aromatic nitrogens is 1. The second-order valence-electron chi connectivity index (χ2n) is 5.09. The summed E-state index contributed by atoms with van der Waals surface area (Å²) >= 11 is 0. The number of hydrogen-bond donors (Lipinski definition) is 1. The molecule has 0 aliphatic heterocycles. The minimum atomic E-state index is 0.201. The summed E-state index contributed by atoms with van der Waals surface area (Å²) in [6.45, 7) is 9.58. The minimum absolute atomic E-state index is 0.201. The molecule has 0 aliphatic carbocycles. The van der Waals surface area contributed by atoms with Crippen LogP contribution in [-0.2, 0) is 6.42 Å². The summed E-state index contributed by atoms with van der Waals surface area (Å²) in [5.74, 6) is 0.872. The Kier molecular flexibility index (Phi) is 6.73. The van der Waals surface area contributed by atoms with E-state index in [-0.39, 0.29) is 6.10 Å². The molecular formula is C15H26N2O. The maximum Gasteiger partial charge on any atom is 0.138 e. The molecule has 1 unspecified atom stereocenters. The highest BCUT2D eigenvalue weighted by molar-refractivity contribution is 5.23. The summed E-state index contributed by atoms with van der Waals surface area (Å²) in [6, 6.07) is 2.65. The van der Waals surface area contributed by atoms with Gasteiger partial charge in [0, 0.05) is 12.2 Å². The van der Waals surface area contributed by atoms with Gasteiger partial charge in [-0.1, -0.05) is 6.92 Å². The quantitative estimate of drug-likeness (QED) is 0.769. The molecular weight excluding hydrogens is 224 g/mol. The third-order valence-electron chi connectivity index (χ3n) is 2.75. The molecule has 0 aliphatic rings. The van der Waals surface area contributed by atoms with Crippen LogP contribution in [0.4, 0.5) is 0 Å². The summed E-state index contributed by atoms with van der Waals surface area (Å²) in [4.78, 5) is 4.23. The number of ether oxygens (including phenoxy) is 1. The van der Waals surface area contributed by atoms with Crippen LogP contribution < -0.4 is 10.1 Å². The maximum absolute atomic E-state index is 5.65. The molecule has 3 heteroatoms. The topological polar surface area (TPSA) is 34.2 Å². The molecule has 0 spiro atoms. The number of aryl methyl sites for hydroxylation is 1. The van der Waals surface area contributed by atoms with Gasteiger partial charge in [-0.2, -0.15) is 0 Å². The average Bonchev–Trinajstić information content (AvgIpc) is 2.33. The first kappa shape index (κ1) is 15.0. The van der Waals surface area contributed by atoms with Crippen LogP contribution in [0.25, 0.3) is 0 Å². The summed E-state index contributed by atoms with van der Waals surface area (Å²) in [7, 11) is 0. The number of nitrogens with zero attached hydrogens (tertiary/aromatic N) is 1. The van der Waals surface area contributed by atoms with E-state index in [0.29, 0.717) is 6.04 Å². The van der Waals surface area contributed by atoms with Crippen LogP contribution in [0.3, 0.4) is 0 Å². The summed E-state index contributed by atoms with van der Waals surface area (Å²) in [5.41, 5.74) is 1.25. The average molecular weight is 250 g/mol. The van der Waals surface area contributed by atoms with Crippen molar-refractivity contribution in [2.45, 2.75) is 59.1 Å². The largest absolute Gasteiger partial charge is 0.489 e. The zero-order valence-corrected chi connectivity index (χ0v) is 12.1. The molecule has 1 rings (SSSR count). The molecule has 0 amide bonds. The predicted octanol–water partition coefficient (Wildman–Crippen LogP) is 3.19. The van der Waals surface area contributed by atoms with E-state index in [4.69, 9.17) is 4.74 Å². The first-order valence-corrected chi connectivity index (χ1v) is 6.95. The van der Waals surface area contributed by atoms with Gasteiger partial charge in [-0.3, -0.25) is 4.98 Å². The van der Waals surface area contributed by atoms with E-state index in [2.05, 4.69) is 30.2 Å². The van der Waals surface area contributed by atoms with Crippen LogP contribution >= 0.6 is 0 Å². The van der Waals surface area contributed by atoms with Gasteiger partial charge < -0.3 is 10.1 Å². The highest BCUT2D eigenvalue weighted by atomic mass is 16.5. The van der Waals surface area contributed by atoms with Crippen molar-refractivity contribution in [2.75, 3.05) is 6.54 Å². The molecule has 0 saturated carbocycles. The fourth-order valence-corrected chi connectivity index (χ4v) is 1.81. The molecule has 3 nitrogen and oxygen atoms in total. The standard InChI is InChI=1S/C15H26N2O/c1-5-8-17-13(4)6-7-14-9-15(11-16-10-14)18-12(2)3/h9-13,17H,5-8H2,1-4H3. The van der Waals surface area contributed by atoms with Gasteiger partial charge >= 0.3 is 0 Å². The number of nitrogens with one attached hydrogen (secondary N) is 1. The third kappa shape index (κ3) is 6.01. The van der Waals surface area contributed by atoms with Crippen LogP contribution in [0.1, 0.15) is 46.1 Å². The van der Waals surface area contributed by atoms with Crippen LogP contribution in [0.15, 0.2) is 18.5 Å². The Hall–Kier alpha value is -1.09. The molecule has 18 heavy (non-hydrogen) atoms. The molecule has 0 bridgehead atoms. The lowest BCUT2D eigenvalue weighted by molar-refractivity contribution is 0.241. The van der Waals surface area contributed by atoms with Gasteiger partial charge in [0.15, 0.2) is 0 Å². The summed E-state index contributed by atoms with van der Waals surface area (Å²) < 4.78 is 5.65. The number of rotatable bonds is 8. The SMILES string of the molecule is CCCNC(C)CCc1cncc(OC(C)C)c1. The fourth-order valence-electron chi connectivity index (χ4n) is 1.81. The zero-order chi connectivity index (χ0) is 13.4. The zero-order valence-electron chi connectivity index (χ0n) is 12.1. The van der Waals surface area contributed by atoms with E-state index < -0.39 is 0 Å². The van der Waals surface area contributed by atoms with Gasteiger partial charge in [-0.25, -0.2) is 0 Å². The van der Waals surface area contributed by atoms with Crippen molar-refractivity contribution in [3.05, 3.63) is 24.0 Å². The van der Waals surface area contributed by atoms with Gasteiger partial charge in [-0.15, -0.1) is 0 Å². The van der Waals surface area contributed by atoms with E-state index in [0.717, 1.165) is 25.1 Å². The maximum atomic E-state index is 5.65. The van der Waals surface area contributed by atoms with Crippen molar-refractivity contribution in [1.29, 1.82) is 0 Å². The smallest absolute Gasteiger partial charge is 0.138 e. The lowest BCUT2D eigenvalue weighted by Gasteiger charge is -2.14. The van der Waals surface area contributed by atoms with Crippen molar-refractivity contribution >= 4 is 0 Å². The highest BCUT2D eigenvalue weighted by Gasteiger charge is 2.04. The van der Waals surface area contributed by atoms with Gasteiger partial charge in [0.05, 0.1) is 12.3 Å². The Balaban J connectivity index is 2.42. The molecule has 0 saturated heterocycles. The molecule has 0 fully saturated rings. The van der Waals surface area contributed by atoms with Gasteiger partial charge in [0.1, 0.15) is 5.75 Å². The Bertz CT molecular complexity index is 339. The normalized spacial score (nSPS) is 12.7.